The zero-order valence-corrected chi connectivity index (χ0v) is 22.0. The molecule has 3 amide bonds. The van der Waals surface area contributed by atoms with Gasteiger partial charge in [-0.15, -0.1) is 0 Å². The Morgan fingerprint density at radius 1 is 1.02 bits per heavy atom. The number of nitrogens with zero attached hydrogens (tertiary/aromatic N) is 2. The minimum atomic E-state index is -4.61. The number of nitrogens with two attached hydrogens (primary N) is 3. The first-order chi connectivity index (χ1) is 19.4. The lowest BCUT2D eigenvalue weighted by Crippen LogP contribution is -2.52. The standard InChI is InChI=1S/C27H32F3N7O4/c28-27(29,30)18-7-5-16(6-8-18)24(39)23(26(41)35-19-13-17-3-1-2-4-21(17)34-14-19)36-25(40)20(33)9-10-22(38)37(15-32)12-11-31/h1-8,13-14,20,23-24,39H,9-12,15,31-33H2,(H,35,41)(H,36,40)/t20-,23-,24+/m0/s1. The van der Waals surface area contributed by atoms with Crippen LogP contribution in [0.25, 0.3) is 10.9 Å². The van der Waals surface area contributed by atoms with Gasteiger partial charge < -0.3 is 37.8 Å². The zero-order valence-electron chi connectivity index (χ0n) is 22.0. The molecule has 3 aromatic rings. The molecule has 0 aliphatic heterocycles. The van der Waals surface area contributed by atoms with E-state index in [0.717, 1.165) is 24.3 Å². The molecule has 0 saturated heterocycles. The molecule has 0 fully saturated rings. The fraction of sp³-hybridized carbons (Fsp3) is 0.333. The molecule has 11 nitrogen and oxygen atoms in total. The Balaban J connectivity index is 1.79. The SMILES string of the molecule is NCCN(CN)C(=O)CC[C@H](N)C(=O)N[C@H](C(=O)Nc1cnc2ccccc2c1)[C@H](O)c1ccc(C(F)(F)F)cc1. The normalized spacial score (nSPS) is 13.7. The number of carbonyl (C=O) groups is 3. The number of carbonyl (C=O) groups excluding carboxylic acids is 3. The third-order valence-electron chi connectivity index (χ3n) is 6.31. The molecule has 220 valence electrons. The number of aromatic nitrogens is 1. The van der Waals surface area contributed by atoms with Gasteiger partial charge in [-0.05, 0) is 36.2 Å². The summed E-state index contributed by atoms with van der Waals surface area (Å²) in [5.41, 5.74) is 16.9. The molecule has 0 radical (unpaired) electrons. The van der Waals surface area contributed by atoms with E-state index in [1.54, 1.807) is 30.3 Å². The molecule has 14 heteroatoms. The third-order valence-corrected chi connectivity index (χ3v) is 6.31. The number of hydrogen-bond donors (Lipinski definition) is 6. The summed E-state index contributed by atoms with van der Waals surface area (Å²) in [5, 5.41) is 16.7. The number of fused-ring (bicyclic) bond motifs is 1. The van der Waals surface area contributed by atoms with Crippen LogP contribution >= 0.6 is 0 Å². The lowest BCUT2D eigenvalue weighted by atomic mass is 9.99. The molecule has 0 spiro atoms. The number of halogens is 3. The number of hydrogen-bond acceptors (Lipinski definition) is 8. The van der Waals surface area contributed by atoms with Gasteiger partial charge in [0.1, 0.15) is 12.1 Å². The maximum Gasteiger partial charge on any atom is 0.416 e. The van der Waals surface area contributed by atoms with Crippen LogP contribution in [-0.2, 0) is 20.6 Å². The van der Waals surface area contributed by atoms with Crippen molar-refractivity contribution < 1.29 is 32.7 Å². The molecular formula is C27H32F3N7O4. The van der Waals surface area contributed by atoms with Crippen molar-refractivity contribution in [3.63, 3.8) is 0 Å². The van der Waals surface area contributed by atoms with Crippen molar-refractivity contribution in [1.29, 1.82) is 0 Å². The second-order valence-electron chi connectivity index (χ2n) is 9.23. The van der Waals surface area contributed by atoms with Gasteiger partial charge in [0.15, 0.2) is 0 Å². The summed E-state index contributed by atoms with van der Waals surface area (Å²) < 4.78 is 39.1. The van der Waals surface area contributed by atoms with Crippen LogP contribution in [0.15, 0.2) is 60.8 Å². The van der Waals surface area contributed by atoms with Gasteiger partial charge in [0.2, 0.25) is 17.7 Å². The Hall–Kier alpha value is -4.11. The number of nitrogens with one attached hydrogen (secondary N) is 2. The van der Waals surface area contributed by atoms with Crippen LogP contribution in [0.5, 0.6) is 0 Å². The fourth-order valence-corrected chi connectivity index (χ4v) is 4.01. The van der Waals surface area contributed by atoms with Gasteiger partial charge in [-0.25, -0.2) is 0 Å². The van der Waals surface area contributed by atoms with Crippen molar-refractivity contribution in [2.75, 3.05) is 25.1 Å². The van der Waals surface area contributed by atoms with Crippen molar-refractivity contribution in [2.24, 2.45) is 17.2 Å². The predicted molar refractivity (Wildman–Crippen MR) is 146 cm³/mol. The van der Waals surface area contributed by atoms with E-state index in [9.17, 15) is 32.7 Å². The maximum absolute atomic E-state index is 13.3. The summed E-state index contributed by atoms with van der Waals surface area (Å²) in [6.07, 6.45) is -5.21. The third kappa shape index (κ3) is 8.44. The van der Waals surface area contributed by atoms with Crippen LogP contribution in [0.4, 0.5) is 18.9 Å². The average molecular weight is 576 g/mol. The van der Waals surface area contributed by atoms with Crippen LogP contribution in [0.2, 0.25) is 0 Å². The minimum absolute atomic E-state index is 0.0563. The molecule has 0 aliphatic carbocycles. The van der Waals surface area contributed by atoms with Crippen molar-refractivity contribution in [3.05, 3.63) is 71.9 Å². The molecule has 0 saturated carbocycles. The molecule has 9 N–H and O–H groups in total. The second kappa shape index (κ2) is 14.0. The van der Waals surface area contributed by atoms with Crippen LogP contribution in [0, 0.1) is 0 Å². The van der Waals surface area contributed by atoms with E-state index in [2.05, 4.69) is 15.6 Å². The van der Waals surface area contributed by atoms with Crippen molar-refractivity contribution in [2.45, 2.75) is 37.2 Å². The molecular weight excluding hydrogens is 543 g/mol. The van der Waals surface area contributed by atoms with Crippen LogP contribution < -0.4 is 27.8 Å². The van der Waals surface area contributed by atoms with Gasteiger partial charge in [0.25, 0.3) is 0 Å². The van der Waals surface area contributed by atoms with E-state index >= 15 is 0 Å². The van der Waals surface area contributed by atoms with Gasteiger partial charge in [-0.1, -0.05) is 30.3 Å². The van der Waals surface area contributed by atoms with E-state index in [1.807, 2.05) is 0 Å². The van der Waals surface area contributed by atoms with E-state index in [4.69, 9.17) is 17.2 Å². The number of pyridine rings is 1. The summed E-state index contributed by atoms with van der Waals surface area (Å²) in [6.45, 7) is 0.353. The summed E-state index contributed by atoms with van der Waals surface area (Å²) in [4.78, 5) is 44.1. The highest BCUT2D eigenvalue weighted by molar-refractivity contribution is 5.99. The first-order valence-electron chi connectivity index (χ1n) is 12.7. The van der Waals surface area contributed by atoms with Crippen molar-refractivity contribution >= 4 is 34.3 Å². The lowest BCUT2D eigenvalue weighted by Gasteiger charge is -2.26. The fourth-order valence-electron chi connectivity index (χ4n) is 4.01. The van der Waals surface area contributed by atoms with Gasteiger partial charge in [-0.2, -0.15) is 13.2 Å². The number of aliphatic hydroxyl groups is 1. The van der Waals surface area contributed by atoms with E-state index in [0.29, 0.717) is 10.9 Å². The highest BCUT2D eigenvalue weighted by Gasteiger charge is 2.34. The zero-order chi connectivity index (χ0) is 30.2. The van der Waals surface area contributed by atoms with Crippen LogP contribution in [0.1, 0.15) is 30.1 Å². The Labute approximate surface area is 233 Å². The topological polar surface area (TPSA) is 190 Å². The Morgan fingerprint density at radius 3 is 2.34 bits per heavy atom. The van der Waals surface area contributed by atoms with Gasteiger partial charge in [-0.3, -0.25) is 19.4 Å². The van der Waals surface area contributed by atoms with Crippen molar-refractivity contribution in [3.8, 4) is 0 Å². The molecule has 1 aromatic heterocycles. The number of anilines is 1. The molecule has 0 unspecified atom stereocenters. The molecule has 0 aliphatic rings. The van der Waals surface area contributed by atoms with Gasteiger partial charge in [0.05, 0.1) is 35.7 Å². The van der Waals surface area contributed by atoms with Crippen LogP contribution in [-0.4, -0.2) is 64.6 Å². The lowest BCUT2D eigenvalue weighted by molar-refractivity contribution is -0.137. The highest BCUT2D eigenvalue weighted by atomic mass is 19.4. The Bertz CT molecular complexity index is 1350. The number of para-hydroxylation sites is 1. The van der Waals surface area contributed by atoms with Crippen LogP contribution in [0.3, 0.4) is 0 Å². The molecule has 0 bridgehead atoms. The molecule has 41 heavy (non-hydrogen) atoms. The van der Waals surface area contributed by atoms with Crippen molar-refractivity contribution in [1.82, 2.24) is 15.2 Å². The quantitative estimate of drug-likeness (QED) is 0.174. The number of alkyl halides is 3. The monoisotopic (exact) mass is 575 g/mol. The smallest absolute Gasteiger partial charge is 0.386 e. The Morgan fingerprint density at radius 2 is 1.71 bits per heavy atom. The summed E-state index contributed by atoms with van der Waals surface area (Å²) in [6, 6.07) is 9.36. The average Bonchev–Trinajstić information content (AvgIpc) is 2.96. The summed E-state index contributed by atoms with van der Waals surface area (Å²) in [5.74, 6) is -2.11. The van der Waals surface area contributed by atoms with Gasteiger partial charge >= 0.3 is 6.18 Å². The largest absolute Gasteiger partial charge is 0.416 e. The predicted octanol–water partition coefficient (Wildman–Crippen LogP) is 1.22. The first-order valence-corrected chi connectivity index (χ1v) is 12.7. The molecule has 2 aromatic carbocycles. The summed E-state index contributed by atoms with van der Waals surface area (Å²) in [7, 11) is 0. The number of rotatable bonds is 12. The van der Waals surface area contributed by atoms with E-state index < -0.39 is 41.7 Å². The second-order valence-corrected chi connectivity index (χ2v) is 9.23. The van der Waals surface area contributed by atoms with E-state index in [-0.39, 0.29) is 49.8 Å². The molecule has 1 heterocycles. The minimum Gasteiger partial charge on any atom is -0.386 e. The highest BCUT2D eigenvalue weighted by Crippen LogP contribution is 2.30. The maximum atomic E-state index is 13.3. The molecule has 3 rings (SSSR count). The Kier molecular flexibility index (Phi) is 10.7. The van der Waals surface area contributed by atoms with Gasteiger partial charge in [0, 0.05) is 24.9 Å². The number of benzene rings is 2. The number of amides is 3. The number of aliphatic hydroxyl groups excluding tert-OH is 1. The van der Waals surface area contributed by atoms with E-state index in [1.165, 1.54) is 11.1 Å². The first kappa shape index (κ1) is 31.4. The molecule has 3 atom stereocenters. The summed E-state index contributed by atoms with van der Waals surface area (Å²) >= 11 is 0.